The topological polar surface area (TPSA) is 96.8 Å². The lowest BCUT2D eigenvalue weighted by Crippen LogP contribution is -2.64. The zero-order valence-electron chi connectivity index (χ0n) is 14.7. The minimum Gasteiger partial charge on any atom is -0.481 e. The van der Waals surface area contributed by atoms with Crippen molar-refractivity contribution in [3.8, 4) is 5.88 Å². The number of ketones is 1. The van der Waals surface area contributed by atoms with E-state index in [0.29, 0.717) is 25.3 Å². The Hall–Kier alpha value is -2.44. The van der Waals surface area contributed by atoms with E-state index in [-0.39, 0.29) is 24.7 Å². The molecule has 1 N–H and O–H groups in total. The Morgan fingerprint density at radius 3 is 2.60 bits per heavy atom. The Kier molecular flexibility index (Phi) is 6.12. The summed E-state index contributed by atoms with van der Waals surface area (Å²) in [4.78, 5) is 40.4. The molecule has 1 aliphatic heterocycles. The molecule has 1 unspecified atom stereocenters. The van der Waals surface area contributed by atoms with Crippen molar-refractivity contribution in [3.05, 3.63) is 23.9 Å². The lowest BCUT2D eigenvalue weighted by molar-refractivity contribution is -0.153. The molecule has 1 aliphatic rings. The molecular formula is C18H24N2O5. The number of carbonyl (C=O) groups excluding carboxylic acids is 2. The fraction of sp³-hybridized carbons (Fsp3) is 0.556. The van der Waals surface area contributed by atoms with Crippen molar-refractivity contribution in [1.82, 2.24) is 9.88 Å². The lowest BCUT2D eigenvalue weighted by Gasteiger charge is -2.49. The van der Waals surface area contributed by atoms with E-state index in [4.69, 9.17) is 9.84 Å². The minimum absolute atomic E-state index is 0.0625. The molecule has 1 atom stereocenters. The number of ether oxygens (including phenoxy) is 1. The number of nitrogens with zero attached hydrogens (tertiary/aromatic N) is 2. The van der Waals surface area contributed by atoms with E-state index in [0.717, 1.165) is 18.4 Å². The van der Waals surface area contributed by atoms with Crippen LogP contribution in [0.1, 0.15) is 44.6 Å². The van der Waals surface area contributed by atoms with Gasteiger partial charge < -0.3 is 19.5 Å². The highest BCUT2D eigenvalue weighted by molar-refractivity contribution is 5.94. The van der Waals surface area contributed by atoms with Crippen molar-refractivity contribution in [2.24, 2.45) is 0 Å². The van der Waals surface area contributed by atoms with Crippen LogP contribution in [0.4, 0.5) is 0 Å². The molecule has 7 nitrogen and oxygen atoms in total. The summed E-state index contributed by atoms with van der Waals surface area (Å²) in [6.07, 6.45) is 4.21. The number of aromatic nitrogens is 1. The molecule has 1 amide bonds. The normalized spacial score (nSPS) is 19.4. The van der Waals surface area contributed by atoms with Gasteiger partial charge in [-0.25, -0.2) is 4.98 Å². The van der Waals surface area contributed by atoms with Crippen LogP contribution in [0.3, 0.4) is 0 Å². The summed E-state index contributed by atoms with van der Waals surface area (Å²) in [5, 5.41) is 8.80. The molecule has 25 heavy (non-hydrogen) atoms. The monoisotopic (exact) mass is 348 g/mol. The molecule has 0 spiro atoms. The van der Waals surface area contributed by atoms with Crippen molar-refractivity contribution in [1.29, 1.82) is 0 Å². The smallest absolute Gasteiger partial charge is 0.305 e. The average molecular weight is 348 g/mol. The minimum atomic E-state index is -0.919. The van der Waals surface area contributed by atoms with Gasteiger partial charge in [-0.2, -0.15) is 0 Å². The van der Waals surface area contributed by atoms with Gasteiger partial charge in [0.1, 0.15) is 5.78 Å². The van der Waals surface area contributed by atoms with Crippen molar-refractivity contribution in [2.75, 3.05) is 20.2 Å². The molecule has 0 aromatic carbocycles. The van der Waals surface area contributed by atoms with E-state index in [1.807, 2.05) is 6.07 Å². The summed E-state index contributed by atoms with van der Waals surface area (Å²) >= 11 is 0. The summed E-state index contributed by atoms with van der Waals surface area (Å²) in [7, 11) is 1.53. The Bertz CT molecular complexity index is 639. The summed E-state index contributed by atoms with van der Waals surface area (Å²) in [5.41, 5.74) is 0.141. The van der Waals surface area contributed by atoms with E-state index < -0.39 is 11.4 Å². The number of hydrogen-bond donors (Lipinski definition) is 1. The van der Waals surface area contributed by atoms with Gasteiger partial charge in [0.05, 0.1) is 18.9 Å². The molecule has 0 aliphatic carbocycles. The molecule has 1 aromatic heterocycles. The molecule has 0 bridgehead atoms. The second kappa shape index (κ2) is 8.09. The Balaban J connectivity index is 2.10. The maximum Gasteiger partial charge on any atom is 0.305 e. The predicted molar refractivity (Wildman–Crippen MR) is 90.4 cm³/mol. The number of carboxylic acid groups (broad SMARTS) is 1. The molecule has 1 aromatic rings. The first-order valence-electron chi connectivity index (χ1n) is 8.40. The Labute approximate surface area is 147 Å². The van der Waals surface area contributed by atoms with E-state index >= 15 is 0 Å². The molecular weight excluding hydrogens is 324 g/mol. The van der Waals surface area contributed by atoms with Gasteiger partial charge in [0.2, 0.25) is 11.8 Å². The number of hydrogen-bond acceptors (Lipinski definition) is 5. The number of methoxy groups -OCH3 is 1. The van der Waals surface area contributed by atoms with Crippen LogP contribution in [0.2, 0.25) is 0 Å². The fourth-order valence-corrected chi connectivity index (χ4v) is 3.22. The molecule has 1 fully saturated rings. The van der Waals surface area contributed by atoms with Gasteiger partial charge in [-0.05, 0) is 25.3 Å². The van der Waals surface area contributed by atoms with Crippen LogP contribution >= 0.6 is 0 Å². The average Bonchev–Trinajstić information content (AvgIpc) is 2.59. The van der Waals surface area contributed by atoms with Crippen LogP contribution in [0.15, 0.2) is 18.3 Å². The molecule has 7 heteroatoms. The second-order valence-electron chi connectivity index (χ2n) is 6.45. The van der Waals surface area contributed by atoms with Gasteiger partial charge in [0.25, 0.3) is 0 Å². The van der Waals surface area contributed by atoms with E-state index in [1.165, 1.54) is 7.11 Å². The van der Waals surface area contributed by atoms with Gasteiger partial charge >= 0.3 is 5.97 Å². The first kappa shape index (κ1) is 18.9. The SMILES string of the molecule is COc1ccc(C2(CCCCC(C)=O)CN(CCC(=O)O)C2=O)cn1. The largest absolute Gasteiger partial charge is 0.481 e. The van der Waals surface area contributed by atoms with Crippen LogP contribution in [0, 0.1) is 0 Å². The lowest BCUT2D eigenvalue weighted by atomic mass is 9.69. The van der Waals surface area contributed by atoms with Gasteiger partial charge in [-0.3, -0.25) is 9.59 Å². The highest BCUT2D eigenvalue weighted by atomic mass is 16.5. The molecule has 0 radical (unpaired) electrons. The maximum absolute atomic E-state index is 12.8. The number of β-lactam (4-membered cyclic amide) rings is 1. The number of pyridine rings is 1. The quantitative estimate of drug-likeness (QED) is 0.511. The van der Waals surface area contributed by atoms with Crippen LogP contribution < -0.4 is 4.74 Å². The Morgan fingerprint density at radius 2 is 2.08 bits per heavy atom. The molecule has 2 rings (SSSR count). The van der Waals surface area contributed by atoms with Gasteiger partial charge in [0, 0.05) is 31.8 Å². The highest BCUT2D eigenvalue weighted by Gasteiger charge is 2.52. The van der Waals surface area contributed by atoms with Crippen molar-refractivity contribution < 1.29 is 24.2 Å². The summed E-state index contributed by atoms with van der Waals surface area (Å²) in [6.45, 7) is 2.26. The van der Waals surface area contributed by atoms with Crippen LogP contribution in [-0.4, -0.2) is 52.8 Å². The van der Waals surface area contributed by atoms with E-state index in [9.17, 15) is 14.4 Å². The zero-order valence-corrected chi connectivity index (χ0v) is 14.7. The summed E-state index contributed by atoms with van der Waals surface area (Å²) in [5.74, 6) is -0.366. The summed E-state index contributed by atoms with van der Waals surface area (Å²) in [6, 6.07) is 3.56. The number of unbranched alkanes of at least 4 members (excludes halogenated alkanes) is 1. The second-order valence-corrected chi connectivity index (χ2v) is 6.45. The van der Waals surface area contributed by atoms with Gasteiger partial charge in [0.15, 0.2) is 0 Å². The fourth-order valence-electron chi connectivity index (χ4n) is 3.22. The number of likely N-dealkylation sites (tertiary alicyclic amines) is 1. The maximum atomic E-state index is 12.8. The van der Waals surface area contributed by atoms with Crippen LogP contribution in [0.25, 0.3) is 0 Å². The van der Waals surface area contributed by atoms with E-state index in [2.05, 4.69) is 4.98 Å². The predicted octanol–water partition coefficient (Wildman–Crippen LogP) is 1.79. The standard InChI is InChI=1S/C18H24N2O5/c1-13(21)5-3-4-9-18(14-6-7-15(25-2)19-11-14)12-20(17(18)24)10-8-16(22)23/h6-7,11H,3-5,8-10,12H2,1-2H3,(H,22,23). The van der Waals surface area contributed by atoms with Gasteiger partial charge in [-0.15, -0.1) is 0 Å². The third-order valence-corrected chi connectivity index (χ3v) is 4.63. The van der Waals surface area contributed by atoms with Gasteiger partial charge in [-0.1, -0.05) is 12.5 Å². The van der Waals surface area contributed by atoms with Crippen LogP contribution in [-0.2, 0) is 19.8 Å². The number of carbonyl (C=O) groups is 3. The number of carboxylic acids is 1. The third-order valence-electron chi connectivity index (χ3n) is 4.63. The first-order chi connectivity index (χ1) is 11.9. The molecule has 0 saturated carbocycles. The number of aliphatic carboxylic acids is 1. The van der Waals surface area contributed by atoms with Crippen molar-refractivity contribution in [3.63, 3.8) is 0 Å². The molecule has 136 valence electrons. The van der Waals surface area contributed by atoms with Crippen molar-refractivity contribution >= 4 is 17.7 Å². The van der Waals surface area contributed by atoms with E-state index in [1.54, 1.807) is 24.1 Å². The summed E-state index contributed by atoms with van der Waals surface area (Å²) < 4.78 is 5.06. The highest BCUT2D eigenvalue weighted by Crippen LogP contribution is 2.40. The van der Waals surface area contributed by atoms with Crippen molar-refractivity contribution in [2.45, 2.75) is 44.4 Å². The number of amides is 1. The zero-order chi connectivity index (χ0) is 18.4. The number of rotatable bonds is 10. The molecule has 1 saturated heterocycles. The van der Waals surface area contributed by atoms with Crippen LogP contribution in [0.5, 0.6) is 5.88 Å². The Morgan fingerprint density at radius 1 is 1.32 bits per heavy atom. The molecule has 2 heterocycles. The first-order valence-corrected chi connectivity index (χ1v) is 8.40. The number of Topliss-reactive ketones (excluding diaryl/α,β-unsaturated/α-hetero) is 1. The third kappa shape index (κ3) is 4.35.